The van der Waals surface area contributed by atoms with E-state index in [0.717, 1.165) is 22.5 Å². The minimum absolute atomic E-state index is 0.240. The molecule has 1 heterocycles. The van der Waals surface area contributed by atoms with Crippen LogP contribution in [0.2, 0.25) is 10.0 Å². The standard InChI is InChI=1S/C18H14Cl4N4/c19-8-12(9-20)25-26-17-10-23-18(13-3-1-2-4-15(13)22)14-7-11(21)5-6-16(14)24-17/h1-7H,8-10H2,(H,24,26). The second-order valence-electron chi connectivity index (χ2n) is 5.42. The molecule has 0 unspecified atom stereocenters. The fourth-order valence-corrected chi connectivity index (χ4v) is 3.20. The molecule has 0 spiro atoms. The Morgan fingerprint density at radius 2 is 1.81 bits per heavy atom. The van der Waals surface area contributed by atoms with Crippen molar-refractivity contribution in [2.45, 2.75) is 0 Å². The molecule has 1 N–H and O–H groups in total. The summed E-state index contributed by atoms with van der Waals surface area (Å²) < 4.78 is 0. The molecule has 134 valence electrons. The maximum absolute atomic E-state index is 6.38. The third-order valence-electron chi connectivity index (χ3n) is 3.64. The van der Waals surface area contributed by atoms with Crippen LogP contribution >= 0.6 is 46.4 Å². The van der Waals surface area contributed by atoms with E-state index in [4.69, 9.17) is 51.4 Å². The number of aliphatic imine (C=N–C) groups is 2. The molecule has 4 nitrogen and oxygen atoms in total. The average Bonchev–Trinajstić information content (AvgIpc) is 2.82. The molecular formula is C18H14Cl4N4. The summed E-state index contributed by atoms with van der Waals surface area (Å²) in [4.78, 5) is 9.31. The number of rotatable bonds is 4. The van der Waals surface area contributed by atoms with Crippen molar-refractivity contribution in [1.82, 2.24) is 5.43 Å². The van der Waals surface area contributed by atoms with Crippen LogP contribution in [0.1, 0.15) is 11.1 Å². The van der Waals surface area contributed by atoms with Gasteiger partial charge in [0.1, 0.15) is 5.84 Å². The first-order chi connectivity index (χ1) is 12.6. The largest absolute Gasteiger partial charge is 0.276 e. The van der Waals surface area contributed by atoms with Crippen LogP contribution in [-0.2, 0) is 0 Å². The van der Waals surface area contributed by atoms with Gasteiger partial charge >= 0.3 is 0 Å². The van der Waals surface area contributed by atoms with Crippen molar-refractivity contribution in [2.75, 3.05) is 18.3 Å². The lowest BCUT2D eigenvalue weighted by molar-refractivity contribution is 0.987. The SMILES string of the molecule is ClCC(CCl)=NNC1=Nc2ccc(Cl)cc2C(c2ccccc2Cl)=NC1. The Balaban J connectivity index is 2.05. The van der Waals surface area contributed by atoms with E-state index in [1.54, 1.807) is 6.07 Å². The summed E-state index contributed by atoms with van der Waals surface area (Å²) in [6, 6.07) is 13.0. The number of hydrogen-bond donors (Lipinski definition) is 1. The summed E-state index contributed by atoms with van der Waals surface area (Å²) in [7, 11) is 0. The van der Waals surface area contributed by atoms with E-state index in [1.807, 2.05) is 36.4 Å². The van der Waals surface area contributed by atoms with Gasteiger partial charge in [-0.1, -0.05) is 41.4 Å². The first kappa shape index (κ1) is 19.2. The van der Waals surface area contributed by atoms with Gasteiger partial charge in [0, 0.05) is 21.2 Å². The third-order valence-corrected chi connectivity index (χ3v) is 4.82. The molecule has 2 aromatic carbocycles. The van der Waals surface area contributed by atoms with Gasteiger partial charge in [-0.15, -0.1) is 23.2 Å². The Bertz CT molecular complexity index is 900. The lowest BCUT2D eigenvalue weighted by Gasteiger charge is -2.10. The molecule has 0 atom stereocenters. The molecule has 0 saturated carbocycles. The number of halogens is 4. The zero-order valence-electron chi connectivity index (χ0n) is 13.5. The Kier molecular flexibility index (Phi) is 6.54. The smallest absolute Gasteiger partial charge is 0.144 e. The first-order valence-electron chi connectivity index (χ1n) is 7.72. The minimum atomic E-state index is 0.240. The zero-order valence-corrected chi connectivity index (χ0v) is 16.5. The topological polar surface area (TPSA) is 49.1 Å². The maximum Gasteiger partial charge on any atom is 0.144 e. The summed E-state index contributed by atoms with van der Waals surface area (Å²) in [5.41, 5.74) is 6.60. The molecule has 2 aromatic rings. The molecular weight excluding hydrogens is 414 g/mol. The van der Waals surface area contributed by atoms with Crippen LogP contribution in [-0.4, -0.2) is 35.6 Å². The lowest BCUT2D eigenvalue weighted by atomic mass is 10.0. The number of hydrogen-bond acceptors (Lipinski definition) is 4. The van der Waals surface area contributed by atoms with Crippen LogP contribution in [0.15, 0.2) is 57.6 Å². The highest BCUT2D eigenvalue weighted by molar-refractivity contribution is 6.37. The molecule has 8 heteroatoms. The summed E-state index contributed by atoms with van der Waals surface area (Å²) in [5.74, 6) is 1.05. The molecule has 1 aliphatic rings. The molecule has 0 bridgehead atoms. The summed E-state index contributed by atoms with van der Waals surface area (Å²) in [6.45, 7) is 0.300. The van der Waals surface area contributed by atoms with Crippen LogP contribution in [0, 0.1) is 0 Å². The predicted octanol–water partition coefficient (Wildman–Crippen LogP) is 5.30. The van der Waals surface area contributed by atoms with Crippen LogP contribution < -0.4 is 5.43 Å². The lowest BCUT2D eigenvalue weighted by Crippen LogP contribution is -2.23. The number of amidine groups is 1. The van der Waals surface area contributed by atoms with Crippen molar-refractivity contribution >= 4 is 69.4 Å². The Morgan fingerprint density at radius 1 is 1.04 bits per heavy atom. The van der Waals surface area contributed by atoms with E-state index in [1.165, 1.54) is 0 Å². The summed E-state index contributed by atoms with van der Waals surface area (Å²) in [6.07, 6.45) is 0. The number of fused-ring (bicyclic) bond motifs is 1. The highest BCUT2D eigenvalue weighted by Crippen LogP contribution is 2.30. The van der Waals surface area contributed by atoms with Gasteiger partial charge in [-0.2, -0.15) is 5.10 Å². The molecule has 0 radical (unpaired) electrons. The second kappa shape index (κ2) is 8.87. The van der Waals surface area contributed by atoms with Gasteiger partial charge in [0.25, 0.3) is 0 Å². The van der Waals surface area contributed by atoms with Gasteiger partial charge in [0.2, 0.25) is 0 Å². The molecule has 0 aromatic heterocycles. The monoisotopic (exact) mass is 426 g/mol. The van der Waals surface area contributed by atoms with Crippen molar-refractivity contribution in [3.8, 4) is 0 Å². The third kappa shape index (κ3) is 4.38. The van der Waals surface area contributed by atoms with Crippen molar-refractivity contribution in [2.24, 2.45) is 15.1 Å². The normalized spacial score (nSPS) is 13.2. The zero-order chi connectivity index (χ0) is 18.5. The van der Waals surface area contributed by atoms with Crippen molar-refractivity contribution < 1.29 is 0 Å². The maximum atomic E-state index is 6.38. The number of nitrogens with one attached hydrogen (secondary N) is 1. The van der Waals surface area contributed by atoms with Gasteiger partial charge in [-0.05, 0) is 24.3 Å². The van der Waals surface area contributed by atoms with Gasteiger partial charge in [-0.3, -0.25) is 10.4 Å². The number of hydrazone groups is 1. The highest BCUT2D eigenvalue weighted by atomic mass is 35.5. The van der Waals surface area contributed by atoms with E-state index in [2.05, 4.69) is 15.5 Å². The van der Waals surface area contributed by atoms with Gasteiger partial charge in [-0.25, -0.2) is 4.99 Å². The summed E-state index contributed by atoms with van der Waals surface area (Å²) >= 11 is 24.1. The van der Waals surface area contributed by atoms with Crippen LogP contribution in [0.5, 0.6) is 0 Å². The Labute approximate surface area is 171 Å². The van der Waals surface area contributed by atoms with Crippen LogP contribution in [0.3, 0.4) is 0 Å². The van der Waals surface area contributed by atoms with E-state index in [-0.39, 0.29) is 11.8 Å². The van der Waals surface area contributed by atoms with E-state index < -0.39 is 0 Å². The van der Waals surface area contributed by atoms with Crippen molar-refractivity contribution in [3.63, 3.8) is 0 Å². The molecule has 1 aliphatic heterocycles. The highest BCUT2D eigenvalue weighted by Gasteiger charge is 2.18. The first-order valence-corrected chi connectivity index (χ1v) is 9.55. The van der Waals surface area contributed by atoms with Gasteiger partial charge < -0.3 is 0 Å². The quantitative estimate of drug-likeness (QED) is 0.401. The summed E-state index contributed by atoms with van der Waals surface area (Å²) in [5, 5.41) is 5.39. The van der Waals surface area contributed by atoms with E-state index >= 15 is 0 Å². The minimum Gasteiger partial charge on any atom is -0.276 e. The molecule has 0 saturated heterocycles. The number of nitrogens with zero attached hydrogens (tertiary/aromatic N) is 3. The molecule has 26 heavy (non-hydrogen) atoms. The van der Waals surface area contributed by atoms with E-state index in [0.29, 0.717) is 28.1 Å². The van der Waals surface area contributed by atoms with E-state index in [9.17, 15) is 0 Å². The van der Waals surface area contributed by atoms with Gasteiger partial charge in [0.05, 0.1) is 35.4 Å². The van der Waals surface area contributed by atoms with Crippen LogP contribution in [0.25, 0.3) is 0 Å². The number of alkyl halides is 2. The fourth-order valence-electron chi connectivity index (χ4n) is 2.40. The fraction of sp³-hybridized carbons (Fsp3) is 0.167. The molecule has 0 aliphatic carbocycles. The Hall–Kier alpha value is -1.59. The molecule has 3 rings (SSSR count). The van der Waals surface area contributed by atoms with Gasteiger partial charge in [0.15, 0.2) is 0 Å². The predicted molar refractivity (Wildman–Crippen MR) is 113 cm³/mol. The molecule has 0 fully saturated rings. The second-order valence-corrected chi connectivity index (χ2v) is 6.80. The van der Waals surface area contributed by atoms with Crippen molar-refractivity contribution in [3.05, 3.63) is 63.6 Å². The molecule has 0 amide bonds. The van der Waals surface area contributed by atoms with Crippen molar-refractivity contribution in [1.29, 1.82) is 0 Å². The average molecular weight is 428 g/mol. The van der Waals surface area contributed by atoms with Crippen LogP contribution in [0.4, 0.5) is 5.69 Å². The number of benzene rings is 2. The Morgan fingerprint density at radius 3 is 2.54 bits per heavy atom.